The molecule has 1 aliphatic heterocycles. The summed E-state index contributed by atoms with van der Waals surface area (Å²) in [4.78, 5) is 0. The number of rotatable bonds is 1. The largest absolute Gasteiger partial charge is 0.395 e. The Labute approximate surface area is 57.0 Å². The van der Waals surface area contributed by atoms with Gasteiger partial charge in [0, 0.05) is 35.5 Å². The van der Waals surface area contributed by atoms with Gasteiger partial charge in [-0.2, -0.15) is 0 Å². The Bertz CT molecular complexity index is 66.7. The Morgan fingerprint density at radius 1 is 1.86 bits per heavy atom. The highest BCUT2D eigenvalue weighted by Gasteiger charge is 2.23. The number of hydrogen-bond acceptors (Lipinski definition) is 2. The first-order valence-electron chi connectivity index (χ1n) is 2.38. The van der Waals surface area contributed by atoms with Crippen LogP contribution in [-0.4, -0.2) is 27.4 Å². The second-order valence-electron chi connectivity index (χ2n) is 1.75. The Hall–Kier alpha value is 0.650. The maximum Gasteiger partial charge on any atom is 0.0595 e. The third-order valence-electron chi connectivity index (χ3n) is 1.28. The molecule has 1 N–H and O–H groups in total. The first-order chi connectivity index (χ1) is 3.34. The van der Waals surface area contributed by atoms with Crippen molar-refractivity contribution < 1.29 is 5.11 Å². The van der Waals surface area contributed by atoms with Crippen LogP contribution in [0.4, 0.5) is 0 Å². The van der Waals surface area contributed by atoms with Crippen LogP contribution in [0.1, 0.15) is 6.42 Å². The van der Waals surface area contributed by atoms with Crippen molar-refractivity contribution in [3.63, 3.8) is 0 Å². The fraction of sp³-hybridized carbons (Fsp3) is 1.00. The van der Waals surface area contributed by atoms with Crippen LogP contribution in [0.5, 0.6) is 0 Å². The topological polar surface area (TPSA) is 23.5 Å². The Balaban J connectivity index is 2.16. The lowest BCUT2D eigenvalue weighted by Gasteiger charge is -2.33. The quantitative estimate of drug-likeness (QED) is 0.503. The molecule has 0 saturated carbocycles. The molecule has 0 aromatic rings. The second-order valence-corrected chi connectivity index (χ2v) is 2.99. The van der Waals surface area contributed by atoms with Crippen LogP contribution in [0.15, 0.2) is 0 Å². The standard InChI is InChI=1S/C4H8INO/c5-6-2-1-4(6)3-7/h4,7H,1-3H2. The van der Waals surface area contributed by atoms with Gasteiger partial charge in [-0.1, -0.05) is 0 Å². The zero-order valence-electron chi connectivity index (χ0n) is 3.97. The van der Waals surface area contributed by atoms with Crippen molar-refractivity contribution >= 4 is 22.9 Å². The van der Waals surface area contributed by atoms with Crippen molar-refractivity contribution in [1.29, 1.82) is 0 Å². The molecule has 0 radical (unpaired) electrons. The van der Waals surface area contributed by atoms with Gasteiger partial charge in [0.05, 0.1) is 6.61 Å². The molecule has 0 bridgehead atoms. The summed E-state index contributed by atoms with van der Waals surface area (Å²) < 4.78 is 2.12. The molecule has 1 heterocycles. The predicted octanol–water partition coefficient (Wildman–Crippen LogP) is 0.403. The smallest absolute Gasteiger partial charge is 0.0595 e. The number of hydrogen-bond donors (Lipinski definition) is 1. The van der Waals surface area contributed by atoms with Gasteiger partial charge in [0.15, 0.2) is 0 Å². The van der Waals surface area contributed by atoms with Crippen molar-refractivity contribution in [3.05, 3.63) is 0 Å². The number of aliphatic hydroxyl groups is 1. The lowest BCUT2D eigenvalue weighted by Crippen LogP contribution is -2.42. The van der Waals surface area contributed by atoms with Crippen LogP contribution in [0.2, 0.25) is 0 Å². The number of halogens is 1. The molecular formula is C4H8INO. The first kappa shape index (κ1) is 5.78. The van der Waals surface area contributed by atoms with Crippen molar-refractivity contribution in [1.82, 2.24) is 3.11 Å². The molecule has 0 amide bonds. The normalized spacial score (nSPS) is 32.6. The van der Waals surface area contributed by atoms with Crippen molar-refractivity contribution in [2.75, 3.05) is 13.2 Å². The van der Waals surface area contributed by atoms with E-state index in [0.717, 1.165) is 6.54 Å². The molecule has 0 spiro atoms. The molecule has 0 aromatic carbocycles. The van der Waals surface area contributed by atoms with Gasteiger partial charge in [0.2, 0.25) is 0 Å². The molecule has 1 saturated heterocycles. The third kappa shape index (κ3) is 1.06. The van der Waals surface area contributed by atoms with Gasteiger partial charge >= 0.3 is 0 Å². The van der Waals surface area contributed by atoms with E-state index in [1.54, 1.807) is 0 Å². The summed E-state index contributed by atoms with van der Waals surface area (Å²) in [5, 5.41) is 8.51. The van der Waals surface area contributed by atoms with Gasteiger partial charge in [-0.15, -0.1) is 0 Å². The number of aliphatic hydroxyl groups excluding tert-OH is 1. The summed E-state index contributed by atoms with van der Waals surface area (Å²) in [5.41, 5.74) is 0. The predicted molar refractivity (Wildman–Crippen MR) is 36.2 cm³/mol. The fourth-order valence-electron chi connectivity index (χ4n) is 0.589. The minimum Gasteiger partial charge on any atom is -0.395 e. The molecule has 0 aliphatic carbocycles. The van der Waals surface area contributed by atoms with Crippen LogP contribution in [-0.2, 0) is 0 Å². The Kier molecular flexibility index (Phi) is 1.88. The highest BCUT2D eigenvalue weighted by Crippen LogP contribution is 2.20. The van der Waals surface area contributed by atoms with Crippen molar-refractivity contribution in [2.45, 2.75) is 12.5 Å². The van der Waals surface area contributed by atoms with Crippen molar-refractivity contribution in [2.24, 2.45) is 0 Å². The van der Waals surface area contributed by atoms with Crippen LogP contribution < -0.4 is 0 Å². The molecular weight excluding hydrogens is 205 g/mol. The summed E-state index contributed by atoms with van der Waals surface area (Å²) in [7, 11) is 0. The molecule has 1 atom stereocenters. The summed E-state index contributed by atoms with van der Waals surface area (Å²) >= 11 is 2.23. The Morgan fingerprint density at radius 3 is 2.57 bits per heavy atom. The molecule has 42 valence electrons. The van der Waals surface area contributed by atoms with Gasteiger partial charge in [-0.05, 0) is 6.42 Å². The Morgan fingerprint density at radius 2 is 2.57 bits per heavy atom. The van der Waals surface area contributed by atoms with E-state index in [0.29, 0.717) is 12.6 Å². The van der Waals surface area contributed by atoms with E-state index in [4.69, 9.17) is 5.11 Å². The second kappa shape index (κ2) is 2.28. The zero-order valence-corrected chi connectivity index (χ0v) is 6.13. The molecule has 2 nitrogen and oxygen atoms in total. The highest BCUT2D eigenvalue weighted by molar-refractivity contribution is 14.1. The summed E-state index contributed by atoms with van der Waals surface area (Å²) in [6.45, 7) is 1.47. The van der Waals surface area contributed by atoms with Crippen LogP contribution in [0.25, 0.3) is 0 Å². The van der Waals surface area contributed by atoms with Gasteiger partial charge in [-0.25, -0.2) is 3.11 Å². The van der Waals surface area contributed by atoms with Crippen LogP contribution in [0.3, 0.4) is 0 Å². The maximum atomic E-state index is 8.51. The molecule has 1 unspecified atom stereocenters. The summed E-state index contributed by atoms with van der Waals surface area (Å²) in [5.74, 6) is 0. The van der Waals surface area contributed by atoms with E-state index >= 15 is 0 Å². The van der Waals surface area contributed by atoms with Gasteiger partial charge in [0.1, 0.15) is 0 Å². The monoisotopic (exact) mass is 213 g/mol. The van der Waals surface area contributed by atoms with E-state index in [9.17, 15) is 0 Å². The molecule has 1 aliphatic rings. The van der Waals surface area contributed by atoms with E-state index < -0.39 is 0 Å². The molecule has 0 aromatic heterocycles. The average Bonchev–Trinajstić information content (AvgIpc) is 1.65. The first-order valence-corrected chi connectivity index (χ1v) is 3.34. The third-order valence-corrected chi connectivity index (χ3v) is 2.55. The van der Waals surface area contributed by atoms with Crippen LogP contribution in [0, 0.1) is 0 Å². The number of nitrogens with zero attached hydrogens (tertiary/aromatic N) is 1. The lowest BCUT2D eigenvalue weighted by molar-refractivity contribution is 0.141. The highest BCUT2D eigenvalue weighted by atomic mass is 127. The van der Waals surface area contributed by atoms with Crippen molar-refractivity contribution in [3.8, 4) is 0 Å². The minimum absolute atomic E-state index is 0.322. The molecule has 7 heavy (non-hydrogen) atoms. The summed E-state index contributed by atoms with van der Waals surface area (Å²) in [6, 6.07) is 0.459. The van der Waals surface area contributed by atoms with Crippen LogP contribution >= 0.6 is 22.9 Å². The maximum absolute atomic E-state index is 8.51. The lowest BCUT2D eigenvalue weighted by atomic mass is 10.1. The van der Waals surface area contributed by atoms with Gasteiger partial charge in [0.25, 0.3) is 0 Å². The zero-order chi connectivity index (χ0) is 5.28. The minimum atomic E-state index is 0.322. The molecule has 3 heteroatoms. The summed E-state index contributed by atoms with van der Waals surface area (Å²) in [6.07, 6.45) is 1.17. The van der Waals surface area contributed by atoms with E-state index in [1.165, 1.54) is 6.42 Å². The van der Waals surface area contributed by atoms with Gasteiger partial charge < -0.3 is 5.11 Å². The van der Waals surface area contributed by atoms with E-state index in [1.807, 2.05) is 0 Å². The molecule has 1 fully saturated rings. The SMILES string of the molecule is OCC1CCN1I. The molecule has 1 rings (SSSR count). The van der Waals surface area contributed by atoms with E-state index in [-0.39, 0.29) is 0 Å². The fourth-order valence-corrected chi connectivity index (χ4v) is 1.32. The average molecular weight is 213 g/mol. The van der Waals surface area contributed by atoms with E-state index in [2.05, 4.69) is 26.0 Å². The van der Waals surface area contributed by atoms with Gasteiger partial charge in [-0.3, -0.25) is 0 Å².